The highest BCUT2D eigenvalue weighted by atomic mass is 19.4. The fourth-order valence-corrected chi connectivity index (χ4v) is 2.21. The average molecular weight is 274 g/mol. The maximum atomic E-state index is 12.9. The maximum absolute atomic E-state index is 12.9. The maximum Gasteiger partial charge on any atom is 0.416 e. The molecule has 19 heavy (non-hydrogen) atoms. The molecule has 1 fully saturated rings. The highest BCUT2D eigenvalue weighted by Crippen LogP contribution is 2.34. The van der Waals surface area contributed by atoms with Gasteiger partial charge in [-0.05, 0) is 24.7 Å². The van der Waals surface area contributed by atoms with Crippen molar-refractivity contribution in [3.05, 3.63) is 29.3 Å². The molecule has 1 heterocycles. The molecule has 0 spiro atoms. The van der Waals surface area contributed by atoms with Crippen LogP contribution < -0.4 is 0 Å². The third kappa shape index (κ3) is 3.61. The van der Waals surface area contributed by atoms with E-state index < -0.39 is 11.7 Å². The minimum atomic E-state index is -4.43. The SMILES string of the molecule is CN1CCN(Cc2ccc(O)cc2C(F)(F)F)CC1. The molecule has 0 aromatic heterocycles. The summed E-state index contributed by atoms with van der Waals surface area (Å²) in [6, 6.07) is 3.46. The summed E-state index contributed by atoms with van der Waals surface area (Å²) in [5.41, 5.74) is -0.527. The number of phenols is 1. The highest BCUT2D eigenvalue weighted by molar-refractivity contribution is 5.36. The minimum absolute atomic E-state index is 0.217. The van der Waals surface area contributed by atoms with Crippen molar-refractivity contribution in [1.82, 2.24) is 9.80 Å². The topological polar surface area (TPSA) is 26.7 Å². The van der Waals surface area contributed by atoms with E-state index in [4.69, 9.17) is 0 Å². The molecule has 0 amide bonds. The van der Waals surface area contributed by atoms with Gasteiger partial charge in [-0.2, -0.15) is 13.2 Å². The monoisotopic (exact) mass is 274 g/mol. The Kier molecular flexibility index (Phi) is 4.01. The molecule has 0 unspecified atom stereocenters. The normalized spacial score (nSPS) is 18.7. The van der Waals surface area contributed by atoms with E-state index in [0.29, 0.717) is 0 Å². The van der Waals surface area contributed by atoms with Crippen LogP contribution in [-0.4, -0.2) is 48.1 Å². The number of hydrogen-bond acceptors (Lipinski definition) is 3. The number of alkyl halides is 3. The van der Waals surface area contributed by atoms with Gasteiger partial charge in [0.05, 0.1) is 5.56 Å². The summed E-state index contributed by atoms with van der Waals surface area (Å²) in [6.07, 6.45) is -4.43. The number of hydrogen-bond donors (Lipinski definition) is 1. The Morgan fingerprint density at radius 1 is 1.16 bits per heavy atom. The summed E-state index contributed by atoms with van der Waals surface area (Å²) in [4.78, 5) is 4.15. The quantitative estimate of drug-likeness (QED) is 0.895. The first-order chi connectivity index (χ1) is 8.86. The van der Waals surface area contributed by atoms with Gasteiger partial charge in [0, 0.05) is 32.7 Å². The molecule has 3 nitrogen and oxygen atoms in total. The number of phenolic OH excluding ortho intramolecular Hbond substituents is 1. The number of aromatic hydroxyl groups is 1. The van der Waals surface area contributed by atoms with Gasteiger partial charge in [-0.15, -0.1) is 0 Å². The van der Waals surface area contributed by atoms with Gasteiger partial charge in [0.2, 0.25) is 0 Å². The van der Waals surface area contributed by atoms with Crippen molar-refractivity contribution in [3.8, 4) is 5.75 Å². The largest absolute Gasteiger partial charge is 0.508 e. The van der Waals surface area contributed by atoms with Crippen LogP contribution in [0.4, 0.5) is 13.2 Å². The number of halogens is 3. The minimum Gasteiger partial charge on any atom is -0.508 e. The second-order valence-corrected chi connectivity index (χ2v) is 4.92. The molecule has 0 radical (unpaired) electrons. The Balaban J connectivity index is 2.16. The van der Waals surface area contributed by atoms with Gasteiger partial charge < -0.3 is 10.0 Å². The van der Waals surface area contributed by atoms with Crippen LogP contribution in [0.15, 0.2) is 18.2 Å². The van der Waals surface area contributed by atoms with E-state index in [0.717, 1.165) is 32.2 Å². The second kappa shape index (κ2) is 5.38. The molecule has 1 saturated heterocycles. The van der Waals surface area contributed by atoms with Crippen molar-refractivity contribution < 1.29 is 18.3 Å². The smallest absolute Gasteiger partial charge is 0.416 e. The van der Waals surface area contributed by atoms with E-state index in [2.05, 4.69) is 4.90 Å². The molecule has 2 rings (SSSR count). The molecule has 0 atom stereocenters. The average Bonchev–Trinajstić information content (AvgIpc) is 2.33. The van der Waals surface area contributed by atoms with Crippen molar-refractivity contribution in [2.45, 2.75) is 12.7 Å². The zero-order valence-electron chi connectivity index (χ0n) is 10.7. The summed E-state index contributed by atoms with van der Waals surface area (Å²) in [6.45, 7) is 3.51. The second-order valence-electron chi connectivity index (χ2n) is 4.92. The summed E-state index contributed by atoms with van der Waals surface area (Å²) in [5.74, 6) is -0.352. The number of rotatable bonds is 2. The van der Waals surface area contributed by atoms with Crippen LogP contribution in [0.2, 0.25) is 0 Å². The van der Waals surface area contributed by atoms with Crippen LogP contribution in [0, 0.1) is 0 Å². The van der Waals surface area contributed by atoms with E-state index in [-0.39, 0.29) is 17.9 Å². The highest BCUT2D eigenvalue weighted by Gasteiger charge is 2.34. The zero-order valence-corrected chi connectivity index (χ0v) is 10.7. The predicted molar refractivity (Wildman–Crippen MR) is 65.9 cm³/mol. The number of likely N-dealkylation sites (N-methyl/N-ethyl adjacent to an activating group) is 1. The van der Waals surface area contributed by atoms with Crippen molar-refractivity contribution in [2.24, 2.45) is 0 Å². The van der Waals surface area contributed by atoms with Crippen molar-refractivity contribution in [2.75, 3.05) is 33.2 Å². The van der Waals surface area contributed by atoms with Gasteiger partial charge in [-0.1, -0.05) is 6.07 Å². The zero-order chi connectivity index (χ0) is 14.0. The molecular weight excluding hydrogens is 257 g/mol. The third-order valence-electron chi connectivity index (χ3n) is 3.39. The van der Waals surface area contributed by atoms with Crippen molar-refractivity contribution in [1.29, 1.82) is 0 Å². The molecular formula is C13H17F3N2O. The van der Waals surface area contributed by atoms with Crippen molar-refractivity contribution in [3.63, 3.8) is 0 Å². The lowest BCUT2D eigenvalue weighted by Gasteiger charge is -2.32. The lowest BCUT2D eigenvalue weighted by atomic mass is 10.1. The number of piperazine rings is 1. The summed E-state index contributed by atoms with van der Waals surface area (Å²) < 4.78 is 38.7. The van der Waals surface area contributed by atoms with E-state index in [9.17, 15) is 18.3 Å². The van der Waals surface area contributed by atoms with Crippen LogP contribution in [-0.2, 0) is 12.7 Å². The number of nitrogens with zero attached hydrogens (tertiary/aromatic N) is 2. The first-order valence-electron chi connectivity index (χ1n) is 6.16. The fraction of sp³-hybridized carbons (Fsp3) is 0.538. The van der Waals surface area contributed by atoms with Crippen molar-refractivity contribution >= 4 is 0 Å². The van der Waals surface area contributed by atoms with E-state index >= 15 is 0 Å². The van der Waals surface area contributed by atoms with Gasteiger partial charge in [-0.3, -0.25) is 4.90 Å². The molecule has 106 valence electrons. The molecule has 1 aromatic rings. The molecule has 1 N–H and O–H groups in total. The Hall–Kier alpha value is -1.27. The Labute approximate surface area is 110 Å². The Morgan fingerprint density at radius 2 is 1.79 bits per heavy atom. The fourth-order valence-electron chi connectivity index (χ4n) is 2.21. The van der Waals surface area contributed by atoms with Crippen LogP contribution >= 0.6 is 0 Å². The van der Waals surface area contributed by atoms with Gasteiger partial charge in [0.25, 0.3) is 0 Å². The lowest BCUT2D eigenvalue weighted by Crippen LogP contribution is -2.44. The molecule has 1 aliphatic rings. The van der Waals surface area contributed by atoms with E-state index in [1.165, 1.54) is 12.1 Å². The van der Waals surface area contributed by atoms with Crippen LogP contribution in [0.5, 0.6) is 5.75 Å². The Bertz CT molecular complexity index is 440. The summed E-state index contributed by atoms with van der Waals surface area (Å²) in [7, 11) is 2.00. The van der Waals surface area contributed by atoms with Crippen LogP contribution in [0.3, 0.4) is 0 Å². The summed E-state index contributed by atoms with van der Waals surface area (Å²) in [5, 5.41) is 9.22. The summed E-state index contributed by atoms with van der Waals surface area (Å²) >= 11 is 0. The van der Waals surface area contributed by atoms with E-state index in [1.807, 2.05) is 11.9 Å². The van der Waals surface area contributed by atoms with Crippen LogP contribution in [0.25, 0.3) is 0 Å². The standard InChI is InChI=1S/C13H17F3N2O/c1-17-4-6-18(7-5-17)9-10-2-3-11(19)8-12(10)13(14,15)16/h2-3,8,19H,4-7,9H2,1H3. The van der Waals surface area contributed by atoms with Gasteiger partial charge >= 0.3 is 6.18 Å². The molecule has 0 bridgehead atoms. The van der Waals surface area contributed by atoms with Gasteiger partial charge in [-0.25, -0.2) is 0 Å². The van der Waals surface area contributed by atoms with Gasteiger partial charge in [0.15, 0.2) is 0 Å². The van der Waals surface area contributed by atoms with Crippen LogP contribution in [0.1, 0.15) is 11.1 Å². The molecule has 0 aliphatic carbocycles. The first kappa shape index (κ1) is 14.1. The molecule has 6 heteroatoms. The lowest BCUT2D eigenvalue weighted by molar-refractivity contribution is -0.138. The molecule has 1 aromatic carbocycles. The van der Waals surface area contributed by atoms with E-state index in [1.54, 1.807) is 0 Å². The predicted octanol–water partition coefficient (Wildman–Crippen LogP) is 2.16. The molecule has 0 saturated carbocycles. The first-order valence-corrected chi connectivity index (χ1v) is 6.16. The number of benzene rings is 1. The van der Waals surface area contributed by atoms with Gasteiger partial charge in [0.1, 0.15) is 5.75 Å². The Morgan fingerprint density at radius 3 is 2.37 bits per heavy atom. The third-order valence-corrected chi connectivity index (χ3v) is 3.39. The molecule has 1 aliphatic heterocycles.